The smallest absolute Gasteiger partial charge is 0.248 e. The predicted octanol–water partition coefficient (Wildman–Crippen LogP) is 3.88. The van der Waals surface area contributed by atoms with Crippen molar-refractivity contribution in [1.29, 1.82) is 0 Å². The Bertz CT molecular complexity index is 982. The number of hydrogen-bond acceptors (Lipinski definition) is 6. The van der Waals surface area contributed by atoms with Gasteiger partial charge in [-0.15, -0.1) is 0 Å². The van der Waals surface area contributed by atoms with E-state index in [2.05, 4.69) is 30.7 Å². The van der Waals surface area contributed by atoms with E-state index in [1.165, 1.54) is 12.8 Å². The molecule has 2 aromatic heterocycles. The van der Waals surface area contributed by atoms with Crippen LogP contribution in [0.15, 0.2) is 56.6 Å². The van der Waals surface area contributed by atoms with Gasteiger partial charge in [0, 0.05) is 23.7 Å². The van der Waals surface area contributed by atoms with Gasteiger partial charge >= 0.3 is 0 Å². The van der Waals surface area contributed by atoms with Crippen LogP contribution in [-0.4, -0.2) is 47.2 Å². The van der Waals surface area contributed by atoms with Crippen molar-refractivity contribution >= 4 is 17.6 Å². The summed E-state index contributed by atoms with van der Waals surface area (Å²) >= 11 is 6.05. The highest BCUT2D eigenvalue weighted by atomic mass is 35.5. The van der Waals surface area contributed by atoms with Gasteiger partial charge in [0.15, 0.2) is 5.96 Å². The van der Waals surface area contributed by atoms with E-state index < -0.39 is 0 Å². The van der Waals surface area contributed by atoms with Crippen molar-refractivity contribution in [2.45, 2.75) is 32.4 Å². The van der Waals surface area contributed by atoms with Crippen molar-refractivity contribution in [3.63, 3.8) is 0 Å². The summed E-state index contributed by atoms with van der Waals surface area (Å²) in [6, 6.07) is 11.5. The zero-order chi connectivity index (χ0) is 21.5. The molecule has 2 N–H and O–H groups in total. The minimum atomic E-state index is 0.166. The number of nitrogens with zero attached hydrogens (tertiary/aromatic N) is 4. The van der Waals surface area contributed by atoms with E-state index >= 15 is 0 Å². The fourth-order valence-electron chi connectivity index (χ4n) is 3.69. The molecule has 1 aliphatic rings. The molecule has 9 heteroatoms. The summed E-state index contributed by atoms with van der Waals surface area (Å²) in [7, 11) is 0. The molecule has 0 saturated carbocycles. The topological polar surface area (TPSA) is 91.7 Å². The number of halogens is 1. The van der Waals surface area contributed by atoms with E-state index in [1.807, 2.05) is 37.3 Å². The third-order valence-corrected chi connectivity index (χ3v) is 5.42. The lowest BCUT2D eigenvalue weighted by Gasteiger charge is -2.26. The number of rotatable bonds is 8. The minimum Gasteiger partial charge on any atom is -0.468 e. The largest absolute Gasteiger partial charge is 0.468 e. The maximum absolute atomic E-state index is 6.05. The van der Waals surface area contributed by atoms with E-state index in [1.54, 1.807) is 12.3 Å². The quantitative estimate of drug-likeness (QED) is 0.404. The maximum atomic E-state index is 6.05. The average Bonchev–Trinajstić information content (AvgIpc) is 3.55. The molecule has 1 aromatic carbocycles. The van der Waals surface area contributed by atoms with E-state index in [9.17, 15) is 0 Å². The Labute approximate surface area is 186 Å². The Balaban J connectivity index is 1.41. The summed E-state index contributed by atoms with van der Waals surface area (Å²) in [6.45, 7) is 5.91. The first-order chi connectivity index (χ1) is 15.2. The van der Waals surface area contributed by atoms with Crippen LogP contribution >= 0.6 is 11.6 Å². The molecule has 3 heterocycles. The summed E-state index contributed by atoms with van der Waals surface area (Å²) < 4.78 is 11.1. The number of nitrogens with one attached hydrogen (secondary N) is 2. The second kappa shape index (κ2) is 10.5. The fourth-order valence-corrected chi connectivity index (χ4v) is 3.88. The third-order valence-electron chi connectivity index (χ3n) is 5.18. The molecule has 31 heavy (non-hydrogen) atoms. The number of aromatic nitrogens is 2. The number of aliphatic imine (C=N–C) groups is 1. The molecule has 0 amide bonds. The Morgan fingerprint density at radius 3 is 2.84 bits per heavy atom. The van der Waals surface area contributed by atoms with E-state index in [4.69, 9.17) is 20.5 Å². The first-order valence-corrected chi connectivity index (χ1v) is 11.0. The summed E-state index contributed by atoms with van der Waals surface area (Å²) in [4.78, 5) is 11.5. The molecule has 0 aliphatic carbocycles. The Morgan fingerprint density at radius 2 is 2.10 bits per heavy atom. The van der Waals surface area contributed by atoms with Crippen molar-refractivity contribution in [3.8, 4) is 11.4 Å². The molecule has 1 saturated heterocycles. The molecule has 8 nitrogen and oxygen atoms in total. The average molecular weight is 443 g/mol. The first kappa shape index (κ1) is 21.4. The van der Waals surface area contributed by atoms with Gasteiger partial charge in [-0.2, -0.15) is 4.98 Å². The Kier molecular flexibility index (Phi) is 7.22. The van der Waals surface area contributed by atoms with Crippen LogP contribution in [-0.2, 0) is 6.54 Å². The van der Waals surface area contributed by atoms with Crippen molar-refractivity contribution in [2.75, 3.05) is 26.2 Å². The van der Waals surface area contributed by atoms with Crippen molar-refractivity contribution in [3.05, 3.63) is 59.3 Å². The molecular formula is C22H27ClN6O2. The van der Waals surface area contributed by atoms with Crippen LogP contribution in [0, 0.1) is 0 Å². The van der Waals surface area contributed by atoms with Crippen LogP contribution in [0.25, 0.3) is 11.4 Å². The molecular weight excluding hydrogens is 416 g/mol. The molecule has 1 fully saturated rings. The van der Waals surface area contributed by atoms with Crippen LogP contribution in [0.4, 0.5) is 0 Å². The van der Waals surface area contributed by atoms with Crippen LogP contribution in [0.3, 0.4) is 0 Å². The molecule has 3 aromatic rings. The Morgan fingerprint density at radius 1 is 1.23 bits per heavy atom. The van der Waals surface area contributed by atoms with Crippen molar-refractivity contribution < 1.29 is 8.94 Å². The van der Waals surface area contributed by atoms with Gasteiger partial charge in [-0.3, -0.25) is 4.90 Å². The highest BCUT2D eigenvalue weighted by molar-refractivity contribution is 6.30. The summed E-state index contributed by atoms with van der Waals surface area (Å²) in [5.41, 5.74) is 0.809. The van der Waals surface area contributed by atoms with Crippen LogP contribution < -0.4 is 10.6 Å². The van der Waals surface area contributed by atoms with Gasteiger partial charge in [0.1, 0.15) is 12.3 Å². The molecule has 1 aliphatic heterocycles. The monoisotopic (exact) mass is 442 g/mol. The first-order valence-electron chi connectivity index (χ1n) is 10.6. The van der Waals surface area contributed by atoms with Gasteiger partial charge in [0.05, 0.1) is 12.3 Å². The molecule has 1 atom stereocenters. The standard InChI is InChI=1S/C22H27ClN6O2/c1-2-24-22(25-14-18(19-9-6-12-30-19)29-10-3-4-11-29)26-15-20-27-21(28-31-20)16-7-5-8-17(23)13-16/h5-9,12-13,18H,2-4,10-11,14-15H2,1H3,(H2,24,25,26). The molecule has 0 spiro atoms. The van der Waals surface area contributed by atoms with Crippen LogP contribution in [0.2, 0.25) is 5.02 Å². The summed E-state index contributed by atoms with van der Waals surface area (Å²) in [5.74, 6) is 2.60. The van der Waals surface area contributed by atoms with Gasteiger partial charge in [0.2, 0.25) is 11.7 Å². The van der Waals surface area contributed by atoms with Crippen molar-refractivity contribution in [2.24, 2.45) is 4.99 Å². The van der Waals surface area contributed by atoms with Gasteiger partial charge in [-0.05, 0) is 57.1 Å². The molecule has 164 valence electrons. The van der Waals surface area contributed by atoms with Crippen LogP contribution in [0.5, 0.6) is 0 Å². The van der Waals surface area contributed by atoms with Gasteiger partial charge < -0.3 is 19.6 Å². The number of guanidine groups is 1. The summed E-state index contributed by atoms with van der Waals surface area (Å²) in [5, 5.41) is 11.4. The zero-order valence-electron chi connectivity index (χ0n) is 17.6. The highest BCUT2D eigenvalue weighted by Crippen LogP contribution is 2.25. The predicted molar refractivity (Wildman–Crippen MR) is 120 cm³/mol. The lowest BCUT2D eigenvalue weighted by atomic mass is 10.2. The number of furan rings is 1. The van der Waals surface area contributed by atoms with Crippen molar-refractivity contribution in [1.82, 2.24) is 25.7 Å². The van der Waals surface area contributed by atoms with E-state index in [-0.39, 0.29) is 12.6 Å². The molecule has 4 rings (SSSR count). The van der Waals surface area contributed by atoms with Crippen LogP contribution in [0.1, 0.15) is 37.5 Å². The van der Waals surface area contributed by atoms with Gasteiger partial charge in [-0.1, -0.05) is 28.9 Å². The third kappa shape index (κ3) is 5.65. The zero-order valence-corrected chi connectivity index (χ0v) is 18.3. The van der Waals surface area contributed by atoms with Gasteiger partial charge in [-0.25, -0.2) is 4.99 Å². The lowest BCUT2D eigenvalue weighted by molar-refractivity contribution is 0.215. The number of benzene rings is 1. The number of hydrogen-bond donors (Lipinski definition) is 2. The second-order valence-electron chi connectivity index (χ2n) is 7.37. The molecule has 0 bridgehead atoms. The highest BCUT2D eigenvalue weighted by Gasteiger charge is 2.25. The second-order valence-corrected chi connectivity index (χ2v) is 7.81. The molecule has 1 unspecified atom stereocenters. The summed E-state index contributed by atoms with van der Waals surface area (Å²) in [6.07, 6.45) is 4.17. The normalized spacial score (nSPS) is 15.9. The Hall–Kier alpha value is -2.84. The maximum Gasteiger partial charge on any atom is 0.248 e. The van der Waals surface area contributed by atoms with Gasteiger partial charge in [0.25, 0.3) is 0 Å². The molecule has 0 radical (unpaired) electrons. The number of likely N-dealkylation sites (tertiary alicyclic amines) is 1. The van der Waals surface area contributed by atoms with E-state index in [0.29, 0.717) is 29.2 Å². The fraction of sp³-hybridized carbons (Fsp3) is 0.409. The minimum absolute atomic E-state index is 0.166. The van der Waals surface area contributed by atoms with E-state index in [0.717, 1.165) is 31.0 Å². The SMILES string of the molecule is CCNC(=NCc1nc(-c2cccc(Cl)c2)no1)NCC(c1ccco1)N1CCCC1. The lowest BCUT2D eigenvalue weighted by Crippen LogP contribution is -2.42.